The third-order valence-corrected chi connectivity index (χ3v) is 5.40. The normalized spacial score (nSPS) is 17.4. The van der Waals surface area contributed by atoms with Crippen LogP contribution in [0.5, 0.6) is 0 Å². The van der Waals surface area contributed by atoms with Crippen LogP contribution in [0.15, 0.2) is 47.8 Å². The Kier molecular flexibility index (Phi) is 4.79. The molecule has 0 aliphatic carbocycles. The summed E-state index contributed by atoms with van der Waals surface area (Å²) in [5.74, 6) is -0.0352. The molecule has 0 spiro atoms. The number of likely N-dealkylation sites (tertiary alicyclic amines) is 1. The highest BCUT2D eigenvalue weighted by atomic mass is 16.2. The minimum atomic E-state index is -0.235. The number of H-pyrrole nitrogens is 1. The van der Waals surface area contributed by atoms with Crippen LogP contribution in [0.1, 0.15) is 41.6 Å². The van der Waals surface area contributed by atoms with Crippen LogP contribution in [0.3, 0.4) is 0 Å². The molecule has 1 N–H and O–H groups in total. The maximum absolute atomic E-state index is 13.4. The molecule has 0 bridgehead atoms. The van der Waals surface area contributed by atoms with Gasteiger partial charge in [0.2, 0.25) is 5.56 Å². The zero-order chi connectivity index (χ0) is 18.8. The van der Waals surface area contributed by atoms with Crippen LogP contribution < -0.4 is 5.56 Å². The molecule has 1 aromatic carbocycles. The van der Waals surface area contributed by atoms with Crippen LogP contribution >= 0.6 is 0 Å². The molecule has 1 saturated heterocycles. The summed E-state index contributed by atoms with van der Waals surface area (Å²) >= 11 is 0. The first kappa shape index (κ1) is 17.5. The van der Waals surface area contributed by atoms with Gasteiger partial charge in [0.05, 0.1) is 11.9 Å². The smallest absolute Gasteiger partial charge is 0.254 e. The minimum absolute atomic E-state index is 0.0352. The lowest BCUT2D eigenvalue weighted by molar-refractivity contribution is 0.0597. The maximum Gasteiger partial charge on any atom is 0.254 e. The molecule has 6 nitrogen and oxygen atoms in total. The lowest BCUT2D eigenvalue weighted by Crippen LogP contribution is -2.44. The average molecular weight is 364 g/mol. The van der Waals surface area contributed by atoms with E-state index in [0.717, 1.165) is 49.7 Å². The summed E-state index contributed by atoms with van der Waals surface area (Å²) in [6.07, 6.45) is 9.56. The van der Waals surface area contributed by atoms with Crippen LogP contribution in [0, 0.1) is 6.92 Å². The Bertz CT molecular complexity index is 1010. The van der Waals surface area contributed by atoms with E-state index in [9.17, 15) is 9.59 Å². The molecule has 1 aliphatic rings. The number of carbonyl (C=O) groups excluding carboxylic acids is 1. The summed E-state index contributed by atoms with van der Waals surface area (Å²) in [4.78, 5) is 34.4. The van der Waals surface area contributed by atoms with E-state index >= 15 is 0 Å². The van der Waals surface area contributed by atoms with Gasteiger partial charge in [0.25, 0.3) is 5.91 Å². The van der Waals surface area contributed by atoms with Gasteiger partial charge in [-0.2, -0.15) is 0 Å². The molecule has 4 rings (SSSR count). The van der Waals surface area contributed by atoms with Gasteiger partial charge in [-0.15, -0.1) is 0 Å². The van der Waals surface area contributed by atoms with Crippen LogP contribution in [0.2, 0.25) is 0 Å². The first-order chi connectivity index (χ1) is 13.1. The predicted molar refractivity (Wildman–Crippen MR) is 105 cm³/mol. The summed E-state index contributed by atoms with van der Waals surface area (Å²) in [5.41, 5.74) is 2.05. The Labute approximate surface area is 157 Å². The highest BCUT2D eigenvalue weighted by Crippen LogP contribution is 2.25. The predicted octanol–water partition coefficient (Wildman–Crippen LogP) is 3.12. The SMILES string of the molecule is Cc1ccc2[nH]c(=O)cc(C(=O)N3CCCC[C@H]3CCn3ccnc3)c2c1. The van der Waals surface area contributed by atoms with Crippen LogP contribution in [-0.2, 0) is 6.54 Å². The van der Waals surface area contributed by atoms with Crippen molar-refractivity contribution < 1.29 is 4.79 Å². The summed E-state index contributed by atoms with van der Waals surface area (Å²) in [5, 5.41) is 0.818. The Morgan fingerprint density at radius 1 is 1.30 bits per heavy atom. The van der Waals surface area contributed by atoms with Gasteiger partial charge in [-0.1, -0.05) is 11.6 Å². The van der Waals surface area contributed by atoms with Gasteiger partial charge in [0.1, 0.15) is 0 Å². The number of fused-ring (bicyclic) bond motifs is 1. The molecule has 3 aromatic rings. The van der Waals surface area contributed by atoms with Crippen molar-refractivity contribution in [2.24, 2.45) is 0 Å². The van der Waals surface area contributed by atoms with Crippen molar-refractivity contribution in [3.8, 4) is 0 Å². The summed E-state index contributed by atoms with van der Waals surface area (Å²) in [6.45, 7) is 3.57. The van der Waals surface area contributed by atoms with Crippen molar-refractivity contribution >= 4 is 16.8 Å². The zero-order valence-electron chi connectivity index (χ0n) is 15.5. The second kappa shape index (κ2) is 7.39. The van der Waals surface area contributed by atoms with Crippen molar-refractivity contribution in [1.29, 1.82) is 0 Å². The molecule has 1 aliphatic heterocycles. The van der Waals surface area contributed by atoms with Gasteiger partial charge < -0.3 is 14.5 Å². The first-order valence-corrected chi connectivity index (χ1v) is 9.52. The number of rotatable bonds is 4. The third-order valence-electron chi connectivity index (χ3n) is 5.40. The molecule has 0 unspecified atom stereocenters. The summed E-state index contributed by atoms with van der Waals surface area (Å²) in [7, 11) is 0. The Balaban J connectivity index is 1.64. The fourth-order valence-corrected chi connectivity index (χ4v) is 3.98. The zero-order valence-corrected chi connectivity index (χ0v) is 15.5. The second-order valence-corrected chi connectivity index (χ2v) is 7.33. The Morgan fingerprint density at radius 3 is 3.00 bits per heavy atom. The number of carbonyl (C=O) groups is 1. The molecule has 27 heavy (non-hydrogen) atoms. The monoisotopic (exact) mass is 364 g/mol. The fourth-order valence-electron chi connectivity index (χ4n) is 3.98. The van der Waals surface area contributed by atoms with Crippen molar-refractivity contribution in [2.45, 2.75) is 45.2 Å². The standard InChI is InChI=1S/C21H24N4O2/c1-15-5-6-19-17(12-15)18(13-20(26)23-19)21(27)25-9-3-2-4-16(25)7-10-24-11-8-22-14-24/h5-6,8,11-14,16H,2-4,7,9-10H2,1H3,(H,23,26)/t16-/m0/s1. The molecular formula is C21H24N4O2. The van der Waals surface area contributed by atoms with Crippen LogP contribution in [-0.4, -0.2) is 37.9 Å². The number of amides is 1. The van der Waals surface area contributed by atoms with Gasteiger partial charge >= 0.3 is 0 Å². The largest absolute Gasteiger partial charge is 0.337 e. The van der Waals surface area contributed by atoms with Gasteiger partial charge in [-0.3, -0.25) is 9.59 Å². The number of piperidine rings is 1. The number of nitrogens with zero attached hydrogens (tertiary/aromatic N) is 3. The molecule has 2 aromatic heterocycles. The van der Waals surface area contributed by atoms with E-state index in [0.29, 0.717) is 11.1 Å². The summed E-state index contributed by atoms with van der Waals surface area (Å²) < 4.78 is 2.04. The van der Waals surface area contributed by atoms with E-state index in [1.54, 1.807) is 6.20 Å². The van der Waals surface area contributed by atoms with Crippen molar-refractivity contribution in [3.05, 3.63) is 64.5 Å². The van der Waals surface area contributed by atoms with E-state index in [2.05, 4.69) is 9.97 Å². The number of imidazole rings is 1. The van der Waals surface area contributed by atoms with Crippen molar-refractivity contribution in [3.63, 3.8) is 0 Å². The van der Waals surface area contributed by atoms with Crippen molar-refractivity contribution in [2.75, 3.05) is 6.54 Å². The maximum atomic E-state index is 13.4. The lowest BCUT2D eigenvalue weighted by atomic mass is 9.97. The third kappa shape index (κ3) is 3.65. The molecule has 0 saturated carbocycles. The first-order valence-electron chi connectivity index (χ1n) is 9.52. The van der Waals surface area contributed by atoms with Gasteiger partial charge in [-0.05, 0) is 44.7 Å². The van der Waals surface area contributed by atoms with Crippen molar-refractivity contribution in [1.82, 2.24) is 19.4 Å². The topological polar surface area (TPSA) is 71.0 Å². The minimum Gasteiger partial charge on any atom is -0.337 e. The number of aromatic nitrogens is 3. The number of nitrogens with one attached hydrogen (secondary N) is 1. The molecular weight excluding hydrogens is 340 g/mol. The lowest BCUT2D eigenvalue weighted by Gasteiger charge is -2.36. The Hall–Kier alpha value is -2.89. The highest BCUT2D eigenvalue weighted by Gasteiger charge is 2.28. The van der Waals surface area contributed by atoms with E-state index in [4.69, 9.17) is 0 Å². The molecule has 1 fully saturated rings. The van der Waals surface area contributed by atoms with Gasteiger partial charge in [-0.25, -0.2) is 4.98 Å². The molecule has 6 heteroatoms. The number of aromatic amines is 1. The molecule has 1 atom stereocenters. The fraction of sp³-hybridized carbons (Fsp3) is 0.381. The highest BCUT2D eigenvalue weighted by molar-refractivity contribution is 6.06. The van der Waals surface area contributed by atoms with Gasteiger partial charge in [0, 0.05) is 48.5 Å². The van der Waals surface area contributed by atoms with Gasteiger partial charge in [0.15, 0.2) is 0 Å². The average Bonchev–Trinajstić information content (AvgIpc) is 3.19. The van der Waals surface area contributed by atoms with E-state index in [1.807, 2.05) is 47.1 Å². The number of aryl methyl sites for hydroxylation is 2. The molecule has 0 radical (unpaired) electrons. The van der Waals surface area contributed by atoms with Crippen LogP contribution in [0.4, 0.5) is 0 Å². The quantitative estimate of drug-likeness (QED) is 0.773. The van der Waals surface area contributed by atoms with Crippen LogP contribution in [0.25, 0.3) is 10.9 Å². The molecule has 140 valence electrons. The molecule has 1 amide bonds. The second-order valence-electron chi connectivity index (χ2n) is 7.33. The summed E-state index contributed by atoms with van der Waals surface area (Å²) in [6, 6.07) is 7.43. The number of hydrogen-bond acceptors (Lipinski definition) is 3. The molecule has 3 heterocycles. The Morgan fingerprint density at radius 2 is 2.19 bits per heavy atom. The number of hydrogen-bond donors (Lipinski definition) is 1. The van der Waals surface area contributed by atoms with E-state index in [1.165, 1.54) is 6.07 Å². The number of pyridine rings is 1. The van der Waals surface area contributed by atoms with E-state index in [-0.39, 0.29) is 17.5 Å². The van der Waals surface area contributed by atoms with E-state index < -0.39 is 0 Å². The number of benzene rings is 1.